The molecule has 2 aromatic rings. The lowest BCUT2D eigenvalue weighted by Gasteiger charge is -2.09. The average Bonchev–Trinajstić information content (AvgIpc) is 2.61. The zero-order valence-electron chi connectivity index (χ0n) is 15.8. The molecular formula is C24H30. The summed E-state index contributed by atoms with van der Waals surface area (Å²) in [5, 5.41) is 0. The van der Waals surface area contributed by atoms with Crippen LogP contribution in [0, 0.1) is 13.8 Å². The Balaban J connectivity index is 0.000000272. The molecule has 0 fully saturated rings. The number of hydrogen-bond acceptors (Lipinski definition) is 0. The minimum Gasteiger partial charge on any atom is -0.0988 e. The quantitative estimate of drug-likeness (QED) is 0.528. The Morgan fingerprint density at radius 1 is 1.00 bits per heavy atom. The Morgan fingerprint density at radius 2 is 1.62 bits per heavy atom. The minimum absolute atomic E-state index is 1.14. The van der Waals surface area contributed by atoms with Gasteiger partial charge < -0.3 is 0 Å². The third-order valence-corrected chi connectivity index (χ3v) is 4.03. The summed E-state index contributed by atoms with van der Waals surface area (Å²) in [6, 6.07) is 17.1. The summed E-state index contributed by atoms with van der Waals surface area (Å²) >= 11 is 0. The van der Waals surface area contributed by atoms with Crippen molar-refractivity contribution in [3.05, 3.63) is 101 Å². The molecule has 0 aliphatic carbocycles. The van der Waals surface area contributed by atoms with Crippen molar-refractivity contribution in [1.82, 2.24) is 0 Å². The van der Waals surface area contributed by atoms with Crippen molar-refractivity contribution in [2.45, 2.75) is 41.0 Å². The molecule has 0 saturated heterocycles. The molecule has 0 amide bonds. The van der Waals surface area contributed by atoms with Crippen molar-refractivity contribution in [1.29, 1.82) is 0 Å². The van der Waals surface area contributed by atoms with Gasteiger partial charge in [0.05, 0.1) is 0 Å². The second kappa shape index (κ2) is 10.4. The first-order valence-electron chi connectivity index (χ1n) is 8.61. The predicted molar refractivity (Wildman–Crippen MR) is 109 cm³/mol. The van der Waals surface area contributed by atoms with E-state index in [1.807, 2.05) is 13.0 Å². The lowest BCUT2D eigenvalue weighted by atomic mass is 9.96. The molecule has 0 aliphatic rings. The Morgan fingerprint density at radius 3 is 2.12 bits per heavy atom. The first kappa shape index (κ1) is 19.7. The molecule has 0 atom stereocenters. The van der Waals surface area contributed by atoms with E-state index in [4.69, 9.17) is 0 Å². The largest absolute Gasteiger partial charge is 0.0988 e. The van der Waals surface area contributed by atoms with Crippen LogP contribution in [0.25, 0.3) is 5.57 Å². The molecule has 0 radical (unpaired) electrons. The number of benzene rings is 2. The van der Waals surface area contributed by atoms with Gasteiger partial charge in [-0.1, -0.05) is 85.8 Å². The summed E-state index contributed by atoms with van der Waals surface area (Å²) in [5.74, 6) is 0. The van der Waals surface area contributed by atoms with Crippen LogP contribution in [0.4, 0.5) is 0 Å². The second-order valence-electron chi connectivity index (χ2n) is 5.95. The standard InChI is InChI=1S/C15H18.C9H12/c1-5-9-14(12(3)6-2)15-11-8-7-10-13(15)4;1-3-9-6-4-8(2)5-7-9/h5-11H,2H2,1,3-4H3;4-7H,3H2,1-2H3/b9-5-,14-12+;. The van der Waals surface area contributed by atoms with E-state index in [2.05, 4.69) is 95.0 Å². The normalized spacial score (nSPS) is 11.5. The minimum atomic E-state index is 1.14. The van der Waals surface area contributed by atoms with Gasteiger partial charge in [-0.3, -0.25) is 0 Å². The molecule has 0 spiro atoms. The van der Waals surface area contributed by atoms with Crippen LogP contribution in [0.2, 0.25) is 0 Å². The highest BCUT2D eigenvalue weighted by atomic mass is 14.1. The van der Waals surface area contributed by atoms with Gasteiger partial charge in [-0.05, 0) is 62.0 Å². The van der Waals surface area contributed by atoms with Gasteiger partial charge in [-0.15, -0.1) is 0 Å². The molecule has 0 nitrogen and oxygen atoms in total. The van der Waals surface area contributed by atoms with Crippen molar-refractivity contribution < 1.29 is 0 Å². The van der Waals surface area contributed by atoms with Gasteiger partial charge in [-0.2, -0.15) is 0 Å². The van der Waals surface area contributed by atoms with Crippen molar-refractivity contribution in [2.75, 3.05) is 0 Å². The smallest absolute Gasteiger partial charge is 0.0152 e. The van der Waals surface area contributed by atoms with Gasteiger partial charge in [0.25, 0.3) is 0 Å². The predicted octanol–water partition coefficient (Wildman–Crippen LogP) is 7.09. The maximum Gasteiger partial charge on any atom is -0.0152 e. The van der Waals surface area contributed by atoms with Gasteiger partial charge in [0.15, 0.2) is 0 Å². The Hall–Kier alpha value is -2.34. The van der Waals surface area contributed by atoms with E-state index in [0.29, 0.717) is 0 Å². The van der Waals surface area contributed by atoms with E-state index < -0.39 is 0 Å². The van der Waals surface area contributed by atoms with Gasteiger partial charge in [0.2, 0.25) is 0 Å². The molecule has 24 heavy (non-hydrogen) atoms. The maximum absolute atomic E-state index is 3.83. The van der Waals surface area contributed by atoms with Crippen LogP contribution in [0.3, 0.4) is 0 Å². The topological polar surface area (TPSA) is 0 Å². The van der Waals surface area contributed by atoms with E-state index in [9.17, 15) is 0 Å². The van der Waals surface area contributed by atoms with Gasteiger partial charge >= 0.3 is 0 Å². The Bertz CT molecular complexity index is 697. The molecule has 0 heterocycles. The Kier molecular flexibility index (Phi) is 8.57. The van der Waals surface area contributed by atoms with Crippen LogP contribution in [0.15, 0.2) is 78.9 Å². The molecule has 126 valence electrons. The fraction of sp³-hybridized carbons (Fsp3) is 0.250. The molecule has 2 rings (SSSR count). The fourth-order valence-corrected chi connectivity index (χ4v) is 2.41. The van der Waals surface area contributed by atoms with Crippen molar-refractivity contribution in [2.24, 2.45) is 0 Å². The molecule has 0 unspecified atom stereocenters. The summed E-state index contributed by atoms with van der Waals surface area (Å²) in [6.07, 6.45) is 7.25. The lowest BCUT2D eigenvalue weighted by molar-refractivity contribution is 1.14. The molecule has 0 aromatic heterocycles. The summed E-state index contributed by atoms with van der Waals surface area (Å²) in [7, 11) is 0. The van der Waals surface area contributed by atoms with Crippen molar-refractivity contribution in [3.8, 4) is 0 Å². The van der Waals surface area contributed by atoms with Crippen molar-refractivity contribution in [3.63, 3.8) is 0 Å². The maximum atomic E-state index is 3.83. The van der Waals surface area contributed by atoms with Crippen LogP contribution in [0.5, 0.6) is 0 Å². The van der Waals surface area contributed by atoms with Gasteiger partial charge in [0, 0.05) is 0 Å². The van der Waals surface area contributed by atoms with Crippen LogP contribution in [-0.4, -0.2) is 0 Å². The molecular weight excluding hydrogens is 288 g/mol. The third-order valence-electron chi connectivity index (χ3n) is 4.03. The van der Waals surface area contributed by atoms with E-state index >= 15 is 0 Å². The molecule has 2 aromatic carbocycles. The fourth-order valence-electron chi connectivity index (χ4n) is 2.41. The molecule has 0 N–H and O–H groups in total. The summed E-state index contributed by atoms with van der Waals surface area (Å²) in [6.45, 7) is 14.4. The highest BCUT2D eigenvalue weighted by Crippen LogP contribution is 2.23. The van der Waals surface area contributed by atoms with Crippen LogP contribution < -0.4 is 0 Å². The summed E-state index contributed by atoms with van der Waals surface area (Å²) in [4.78, 5) is 0. The summed E-state index contributed by atoms with van der Waals surface area (Å²) in [5.41, 5.74) is 7.81. The number of aryl methyl sites for hydroxylation is 3. The second-order valence-corrected chi connectivity index (χ2v) is 5.95. The van der Waals surface area contributed by atoms with Crippen molar-refractivity contribution >= 4 is 5.57 Å². The SMILES string of the molecule is C=C/C(C)=C(\C=C/C)c1ccccc1C.CCc1ccc(C)cc1. The number of hydrogen-bond donors (Lipinski definition) is 0. The summed E-state index contributed by atoms with van der Waals surface area (Å²) < 4.78 is 0. The van der Waals surface area contributed by atoms with Gasteiger partial charge in [0.1, 0.15) is 0 Å². The van der Waals surface area contributed by atoms with Crippen LogP contribution in [-0.2, 0) is 6.42 Å². The number of allylic oxidation sites excluding steroid dienone is 5. The third kappa shape index (κ3) is 6.04. The first-order valence-corrected chi connectivity index (χ1v) is 8.61. The van der Waals surface area contributed by atoms with Gasteiger partial charge in [-0.25, -0.2) is 0 Å². The van der Waals surface area contributed by atoms with E-state index in [0.717, 1.165) is 6.42 Å². The van der Waals surface area contributed by atoms with E-state index in [1.165, 1.54) is 33.4 Å². The van der Waals surface area contributed by atoms with Crippen LogP contribution >= 0.6 is 0 Å². The van der Waals surface area contributed by atoms with E-state index in [1.54, 1.807) is 0 Å². The molecule has 0 saturated carbocycles. The Labute approximate surface area is 148 Å². The molecule has 0 aliphatic heterocycles. The lowest BCUT2D eigenvalue weighted by Crippen LogP contribution is -1.88. The number of rotatable bonds is 4. The highest BCUT2D eigenvalue weighted by molar-refractivity contribution is 5.79. The highest BCUT2D eigenvalue weighted by Gasteiger charge is 2.03. The first-order chi connectivity index (χ1) is 11.5. The monoisotopic (exact) mass is 318 g/mol. The zero-order valence-corrected chi connectivity index (χ0v) is 15.8. The molecule has 0 bridgehead atoms. The van der Waals surface area contributed by atoms with E-state index in [-0.39, 0.29) is 0 Å². The average molecular weight is 319 g/mol. The molecule has 0 heteroatoms. The zero-order chi connectivity index (χ0) is 17.9. The van der Waals surface area contributed by atoms with Crippen LogP contribution in [0.1, 0.15) is 43.0 Å².